The summed E-state index contributed by atoms with van der Waals surface area (Å²) in [6, 6.07) is 15.4. The number of aryl methyl sites for hydroxylation is 1. The van der Waals surface area contributed by atoms with Crippen molar-refractivity contribution < 1.29 is 19.3 Å². The molecule has 0 aliphatic carbocycles. The lowest BCUT2D eigenvalue weighted by molar-refractivity contribution is -0.129. The molecule has 1 heterocycles. The van der Waals surface area contributed by atoms with E-state index < -0.39 is 5.91 Å². The molecular weight excluding hydrogens is 346 g/mol. The van der Waals surface area contributed by atoms with Crippen molar-refractivity contribution in [1.29, 1.82) is 0 Å². The molecule has 0 fully saturated rings. The van der Waals surface area contributed by atoms with Gasteiger partial charge in [-0.2, -0.15) is 4.98 Å². The number of ether oxygens (including phenoxy) is 1. The molecule has 0 aliphatic heterocycles. The van der Waals surface area contributed by atoms with Gasteiger partial charge >= 0.3 is 0 Å². The van der Waals surface area contributed by atoms with E-state index >= 15 is 0 Å². The molecule has 2 N–H and O–H groups in total. The van der Waals surface area contributed by atoms with E-state index in [1.54, 1.807) is 5.48 Å². The maximum absolute atomic E-state index is 10.9. The summed E-state index contributed by atoms with van der Waals surface area (Å²) in [7, 11) is 0. The predicted molar refractivity (Wildman–Crippen MR) is 99.2 cm³/mol. The summed E-state index contributed by atoms with van der Waals surface area (Å²) in [6.07, 6.45) is 1.61. The summed E-state index contributed by atoms with van der Waals surface area (Å²) in [6.45, 7) is 2.50. The molecule has 7 nitrogen and oxygen atoms in total. The smallest absolute Gasteiger partial charge is 0.258 e. The summed E-state index contributed by atoms with van der Waals surface area (Å²) >= 11 is 0. The van der Waals surface area contributed by atoms with Gasteiger partial charge in [0.05, 0.1) is 6.61 Å². The van der Waals surface area contributed by atoms with E-state index in [2.05, 4.69) is 10.1 Å². The lowest BCUT2D eigenvalue weighted by atomic mass is 10.1. The van der Waals surface area contributed by atoms with E-state index in [0.29, 0.717) is 36.9 Å². The number of hydrogen-bond donors (Lipinski definition) is 2. The molecule has 7 heteroatoms. The first kappa shape index (κ1) is 18.6. The number of benzene rings is 2. The number of unbranched alkanes of at least 4 members (excludes halogenated alkanes) is 1. The Bertz CT molecular complexity index is 890. The fourth-order valence-electron chi connectivity index (χ4n) is 2.51. The number of hydrogen-bond acceptors (Lipinski definition) is 6. The highest BCUT2D eigenvalue weighted by Crippen LogP contribution is 2.25. The van der Waals surface area contributed by atoms with Gasteiger partial charge in [-0.3, -0.25) is 10.0 Å². The Kier molecular flexibility index (Phi) is 6.17. The minimum atomic E-state index is -0.391. The molecular formula is C20H21N3O4. The van der Waals surface area contributed by atoms with Crippen molar-refractivity contribution >= 4 is 5.91 Å². The Morgan fingerprint density at radius 1 is 1.15 bits per heavy atom. The van der Waals surface area contributed by atoms with Crippen molar-refractivity contribution in [2.75, 3.05) is 6.61 Å². The van der Waals surface area contributed by atoms with Crippen molar-refractivity contribution in [1.82, 2.24) is 15.6 Å². The van der Waals surface area contributed by atoms with Crippen LogP contribution in [0.25, 0.3) is 22.8 Å². The van der Waals surface area contributed by atoms with Crippen molar-refractivity contribution in [3.05, 3.63) is 54.1 Å². The van der Waals surface area contributed by atoms with E-state index in [0.717, 1.165) is 11.1 Å². The van der Waals surface area contributed by atoms with Crippen molar-refractivity contribution in [2.45, 2.75) is 26.2 Å². The van der Waals surface area contributed by atoms with Crippen molar-refractivity contribution in [3.63, 3.8) is 0 Å². The number of carbonyl (C=O) groups is 1. The van der Waals surface area contributed by atoms with Crippen LogP contribution in [0.3, 0.4) is 0 Å². The van der Waals surface area contributed by atoms with Crippen LogP contribution in [0.1, 0.15) is 24.8 Å². The number of hydroxylamine groups is 1. The van der Waals surface area contributed by atoms with Gasteiger partial charge in [-0.15, -0.1) is 0 Å². The zero-order valence-corrected chi connectivity index (χ0v) is 15.0. The number of nitrogens with zero attached hydrogens (tertiary/aromatic N) is 2. The van der Waals surface area contributed by atoms with Gasteiger partial charge in [0.15, 0.2) is 0 Å². The third-order valence-corrected chi connectivity index (χ3v) is 4.01. The lowest BCUT2D eigenvalue weighted by Gasteiger charge is -2.06. The van der Waals surface area contributed by atoms with Gasteiger partial charge in [-0.05, 0) is 38.0 Å². The molecule has 0 radical (unpaired) electrons. The van der Waals surface area contributed by atoms with Crippen molar-refractivity contribution in [2.24, 2.45) is 0 Å². The number of carbonyl (C=O) groups excluding carboxylic acids is 1. The van der Waals surface area contributed by atoms with Crippen LogP contribution in [-0.4, -0.2) is 27.9 Å². The highest BCUT2D eigenvalue weighted by molar-refractivity contribution is 5.74. The summed E-state index contributed by atoms with van der Waals surface area (Å²) in [5, 5.41) is 12.5. The van der Waals surface area contributed by atoms with Crippen LogP contribution >= 0.6 is 0 Å². The highest BCUT2D eigenvalue weighted by Gasteiger charge is 2.11. The first-order valence-corrected chi connectivity index (χ1v) is 8.72. The van der Waals surface area contributed by atoms with Gasteiger partial charge in [0.1, 0.15) is 5.75 Å². The summed E-state index contributed by atoms with van der Waals surface area (Å²) < 4.78 is 11.1. The third kappa shape index (κ3) is 5.15. The number of aromatic nitrogens is 2. The van der Waals surface area contributed by atoms with Gasteiger partial charge in [0.2, 0.25) is 11.7 Å². The molecule has 0 unspecified atom stereocenters. The first-order valence-electron chi connectivity index (χ1n) is 8.72. The first-order chi connectivity index (χ1) is 13.2. The Balaban J connectivity index is 1.60. The molecule has 0 bridgehead atoms. The van der Waals surface area contributed by atoms with E-state index in [9.17, 15) is 4.79 Å². The van der Waals surface area contributed by atoms with E-state index in [1.165, 1.54) is 5.56 Å². The fourth-order valence-corrected chi connectivity index (χ4v) is 2.51. The minimum absolute atomic E-state index is 0.268. The largest absolute Gasteiger partial charge is 0.494 e. The van der Waals surface area contributed by atoms with Crippen LogP contribution in [-0.2, 0) is 4.79 Å². The molecule has 1 amide bonds. The van der Waals surface area contributed by atoms with E-state index in [4.69, 9.17) is 14.5 Å². The van der Waals surface area contributed by atoms with Crippen LogP contribution in [0.2, 0.25) is 0 Å². The number of nitrogens with one attached hydrogen (secondary N) is 1. The molecule has 3 aromatic rings. The molecule has 2 aromatic carbocycles. The maximum Gasteiger partial charge on any atom is 0.258 e. The second-order valence-electron chi connectivity index (χ2n) is 6.16. The summed E-state index contributed by atoms with van der Waals surface area (Å²) in [5.74, 6) is 1.26. The van der Waals surface area contributed by atoms with Gasteiger partial charge in [0.25, 0.3) is 5.89 Å². The molecule has 0 saturated heterocycles. The maximum atomic E-state index is 10.9. The molecule has 0 atom stereocenters. The Morgan fingerprint density at radius 2 is 1.96 bits per heavy atom. The summed E-state index contributed by atoms with van der Waals surface area (Å²) in [5.41, 5.74) is 4.46. The standard InChI is InChI=1S/C20H21N3O4/c1-14-8-10-15(11-9-14)19-21-20(27-23-19)16-5-4-6-17(13-16)26-12-3-2-7-18(24)22-25/h4-6,8-11,13,25H,2-3,7,12H2,1H3,(H,22,24). The Labute approximate surface area is 156 Å². The Hall–Kier alpha value is -3.19. The summed E-state index contributed by atoms with van der Waals surface area (Å²) in [4.78, 5) is 15.4. The second-order valence-corrected chi connectivity index (χ2v) is 6.16. The molecule has 0 spiro atoms. The molecule has 140 valence electrons. The molecule has 0 aliphatic rings. The van der Waals surface area contributed by atoms with Crippen LogP contribution in [0.5, 0.6) is 5.75 Å². The van der Waals surface area contributed by atoms with Gasteiger partial charge in [0, 0.05) is 17.5 Å². The second kappa shape index (κ2) is 8.95. The van der Waals surface area contributed by atoms with Gasteiger partial charge in [-0.25, -0.2) is 5.48 Å². The molecule has 0 saturated carbocycles. The SMILES string of the molecule is Cc1ccc(-c2noc(-c3cccc(OCCCCC(=O)NO)c3)n2)cc1. The van der Waals surface area contributed by atoms with E-state index in [1.807, 2.05) is 55.5 Å². The van der Waals surface area contributed by atoms with Gasteiger partial charge in [-0.1, -0.05) is 41.1 Å². The van der Waals surface area contributed by atoms with E-state index in [-0.39, 0.29) is 6.42 Å². The number of rotatable bonds is 8. The molecule has 3 rings (SSSR count). The quantitative estimate of drug-likeness (QED) is 0.357. The average Bonchev–Trinajstić information content (AvgIpc) is 3.18. The zero-order valence-electron chi connectivity index (χ0n) is 15.0. The molecule has 1 aromatic heterocycles. The zero-order chi connectivity index (χ0) is 19.1. The minimum Gasteiger partial charge on any atom is -0.494 e. The predicted octanol–water partition coefficient (Wildman–Crippen LogP) is 3.77. The van der Waals surface area contributed by atoms with Crippen LogP contribution in [0.15, 0.2) is 53.1 Å². The fraction of sp³-hybridized carbons (Fsp3) is 0.250. The lowest BCUT2D eigenvalue weighted by Crippen LogP contribution is -2.18. The molecule has 27 heavy (non-hydrogen) atoms. The van der Waals surface area contributed by atoms with Crippen molar-refractivity contribution in [3.8, 4) is 28.6 Å². The highest BCUT2D eigenvalue weighted by atomic mass is 16.5. The topological polar surface area (TPSA) is 97.5 Å². The third-order valence-electron chi connectivity index (χ3n) is 4.01. The Morgan fingerprint density at radius 3 is 2.74 bits per heavy atom. The van der Waals surface area contributed by atoms with Crippen LogP contribution < -0.4 is 10.2 Å². The normalized spacial score (nSPS) is 10.6. The van der Waals surface area contributed by atoms with Crippen LogP contribution in [0, 0.1) is 6.92 Å². The van der Waals surface area contributed by atoms with Gasteiger partial charge < -0.3 is 9.26 Å². The monoisotopic (exact) mass is 367 g/mol. The average molecular weight is 367 g/mol. The number of amides is 1. The van der Waals surface area contributed by atoms with Crippen LogP contribution in [0.4, 0.5) is 0 Å².